The van der Waals surface area contributed by atoms with Crippen LogP contribution in [-0.2, 0) is 14.2 Å². The number of methoxy groups -OCH3 is 2. The Bertz CT molecular complexity index is 1030. The fraction of sp³-hybridized carbons (Fsp3) is 0.292. The highest BCUT2D eigenvalue weighted by Crippen LogP contribution is 2.37. The van der Waals surface area contributed by atoms with Crippen LogP contribution in [0.1, 0.15) is 28.9 Å². The van der Waals surface area contributed by atoms with Crippen molar-refractivity contribution in [2.75, 3.05) is 34.0 Å². The summed E-state index contributed by atoms with van der Waals surface area (Å²) in [6, 6.07) is 20.4. The van der Waals surface area contributed by atoms with Crippen molar-refractivity contribution in [3.8, 4) is 5.75 Å². The largest absolute Gasteiger partial charge is 0.497 e. The number of ether oxygens (including phenoxy) is 4. The number of hydrogen-bond acceptors (Lipinski definition) is 5. The average molecular weight is 407 g/mol. The molecule has 1 aliphatic heterocycles. The lowest BCUT2D eigenvalue weighted by Gasteiger charge is -2.24. The van der Waals surface area contributed by atoms with Gasteiger partial charge in [0.2, 0.25) is 0 Å². The van der Waals surface area contributed by atoms with Crippen molar-refractivity contribution >= 4 is 16.9 Å². The number of carbonyl (C=O) groups excluding carboxylic acids is 1. The third kappa shape index (κ3) is 4.25. The summed E-state index contributed by atoms with van der Waals surface area (Å²) in [5, 5.41) is 5.16. The first kappa shape index (κ1) is 20.2. The van der Waals surface area contributed by atoms with Gasteiger partial charge in [0.25, 0.3) is 0 Å². The van der Waals surface area contributed by atoms with E-state index in [2.05, 4.69) is 35.6 Å². The normalized spacial score (nSPS) is 15.1. The smallest absolute Gasteiger partial charge is 0.406 e. The van der Waals surface area contributed by atoms with E-state index in [1.807, 2.05) is 30.3 Å². The zero-order chi connectivity index (χ0) is 20.9. The van der Waals surface area contributed by atoms with Crippen LogP contribution in [0.15, 0.2) is 60.7 Å². The summed E-state index contributed by atoms with van der Waals surface area (Å²) in [5.74, 6) is 0.605. The molecule has 0 aliphatic carbocycles. The summed E-state index contributed by atoms with van der Waals surface area (Å²) in [6.45, 7) is 1.46. The lowest BCUT2D eigenvalue weighted by atomic mass is 9.86. The van der Waals surface area contributed by atoms with E-state index >= 15 is 0 Å². The Kier molecular flexibility index (Phi) is 6.16. The number of fused-ring (bicyclic) bond motifs is 1. The second-order valence-corrected chi connectivity index (χ2v) is 7.10. The van der Waals surface area contributed by atoms with Crippen LogP contribution < -0.4 is 10.1 Å². The number of alkyl carbamates (subject to hydrolysis) is 1. The van der Waals surface area contributed by atoms with Crippen molar-refractivity contribution in [1.82, 2.24) is 5.32 Å². The molecule has 1 N–H and O–H groups in total. The molecule has 156 valence electrons. The maximum Gasteiger partial charge on any atom is 0.406 e. The molecule has 1 amide bonds. The number of amides is 1. The topological polar surface area (TPSA) is 66.0 Å². The summed E-state index contributed by atoms with van der Waals surface area (Å²) in [5.41, 5.74) is 2.99. The van der Waals surface area contributed by atoms with Gasteiger partial charge in [-0.25, -0.2) is 4.79 Å². The standard InChI is InChI=1S/C24H25NO5/c1-27-19-9-10-20(21(14-19)23-29-11-12-30-23)22(15-25-24(26)28-2)18-8-7-16-5-3-4-6-17(16)13-18/h3-10,13-14,22-23H,11-12,15H2,1-2H3,(H,25,26). The molecule has 30 heavy (non-hydrogen) atoms. The van der Waals surface area contributed by atoms with Gasteiger partial charge in [-0.1, -0.05) is 48.5 Å². The molecule has 1 unspecified atom stereocenters. The van der Waals surface area contributed by atoms with Gasteiger partial charge in [0.05, 0.1) is 27.4 Å². The van der Waals surface area contributed by atoms with E-state index in [9.17, 15) is 4.79 Å². The van der Waals surface area contributed by atoms with E-state index in [-0.39, 0.29) is 5.92 Å². The zero-order valence-electron chi connectivity index (χ0n) is 17.1. The van der Waals surface area contributed by atoms with Crippen molar-refractivity contribution in [2.24, 2.45) is 0 Å². The fourth-order valence-corrected chi connectivity index (χ4v) is 3.83. The molecule has 6 nitrogen and oxygen atoms in total. The summed E-state index contributed by atoms with van der Waals surface area (Å²) in [6.07, 6.45) is -0.930. The lowest BCUT2D eigenvalue weighted by molar-refractivity contribution is -0.0449. The van der Waals surface area contributed by atoms with Crippen LogP contribution in [0.3, 0.4) is 0 Å². The number of carbonyl (C=O) groups is 1. The van der Waals surface area contributed by atoms with Crippen molar-refractivity contribution in [2.45, 2.75) is 12.2 Å². The Morgan fingerprint density at radius 3 is 2.53 bits per heavy atom. The van der Waals surface area contributed by atoms with Gasteiger partial charge in [-0.2, -0.15) is 0 Å². The van der Waals surface area contributed by atoms with Crippen molar-refractivity contribution < 1.29 is 23.7 Å². The minimum absolute atomic E-state index is 0.123. The molecule has 0 radical (unpaired) electrons. The van der Waals surface area contributed by atoms with Crippen LogP contribution in [0.25, 0.3) is 10.8 Å². The van der Waals surface area contributed by atoms with Crippen LogP contribution in [0.5, 0.6) is 5.75 Å². The van der Waals surface area contributed by atoms with Gasteiger partial charge < -0.3 is 24.3 Å². The van der Waals surface area contributed by atoms with Gasteiger partial charge in [-0.05, 0) is 34.0 Å². The van der Waals surface area contributed by atoms with E-state index < -0.39 is 12.4 Å². The highest BCUT2D eigenvalue weighted by Gasteiger charge is 2.27. The van der Waals surface area contributed by atoms with E-state index in [1.54, 1.807) is 7.11 Å². The van der Waals surface area contributed by atoms with Gasteiger partial charge in [0.15, 0.2) is 6.29 Å². The molecular formula is C24H25NO5. The molecule has 0 aromatic heterocycles. The first-order valence-electron chi connectivity index (χ1n) is 9.91. The second-order valence-electron chi connectivity index (χ2n) is 7.10. The van der Waals surface area contributed by atoms with Crippen LogP contribution in [0.2, 0.25) is 0 Å². The molecule has 3 aromatic rings. The lowest BCUT2D eigenvalue weighted by Crippen LogP contribution is -2.29. The van der Waals surface area contributed by atoms with E-state index in [4.69, 9.17) is 18.9 Å². The third-order valence-electron chi connectivity index (χ3n) is 5.36. The van der Waals surface area contributed by atoms with E-state index in [0.717, 1.165) is 27.8 Å². The molecule has 1 saturated heterocycles. The quantitative estimate of drug-likeness (QED) is 0.657. The molecule has 0 bridgehead atoms. The molecule has 1 atom stereocenters. The van der Waals surface area contributed by atoms with Crippen LogP contribution in [-0.4, -0.2) is 40.1 Å². The zero-order valence-corrected chi connectivity index (χ0v) is 17.1. The molecule has 1 heterocycles. The van der Waals surface area contributed by atoms with Crippen LogP contribution >= 0.6 is 0 Å². The maximum absolute atomic E-state index is 11.8. The number of benzene rings is 3. The van der Waals surface area contributed by atoms with Crippen molar-refractivity contribution in [3.63, 3.8) is 0 Å². The molecule has 1 fully saturated rings. The summed E-state index contributed by atoms with van der Waals surface area (Å²) in [7, 11) is 2.99. The highest BCUT2D eigenvalue weighted by atomic mass is 16.7. The number of rotatable bonds is 6. The van der Waals surface area contributed by atoms with Crippen molar-refractivity contribution in [3.05, 3.63) is 77.4 Å². The van der Waals surface area contributed by atoms with Crippen molar-refractivity contribution in [1.29, 1.82) is 0 Å². The molecule has 4 rings (SSSR count). The van der Waals surface area contributed by atoms with Gasteiger partial charge in [0, 0.05) is 18.0 Å². The Morgan fingerprint density at radius 2 is 1.80 bits per heavy atom. The minimum Gasteiger partial charge on any atom is -0.497 e. The van der Waals surface area contributed by atoms with Gasteiger partial charge in [-0.3, -0.25) is 0 Å². The fourth-order valence-electron chi connectivity index (χ4n) is 3.83. The highest BCUT2D eigenvalue weighted by molar-refractivity contribution is 5.83. The Morgan fingerprint density at radius 1 is 1.03 bits per heavy atom. The number of hydrogen-bond donors (Lipinski definition) is 1. The van der Waals surface area contributed by atoms with Gasteiger partial charge >= 0.3 is 6.09 Å². The molecule has 0 spiro atoms. The predicted molar refractivity (Wildman–Crippen MR) is 114 cm³/mol. The second kappa shape index (κ2) is 9.15. The van der Waals surface area contributed by atoms with Gasteiger partial charge in [-0.15, -0.1) is 0 Å². The minimum atomic E-state index is -0.468. The average Bonchev–Trinajstić information content (AvgIpc) is 3.34. The summed E-state index contributed by atoms with van der Waals surface area (Å²) >= 11 is 0. The Labute approximate surface area is 175 Å². The number of nitrogens with one attached hydrogen (secondary N) is 1. The Hall–Kier alpha value is -3.09. The summed E-state index contributed by atoms with van der Waals surface area (Å²) < 4.78 is 21.8. The Balaban J connectivity index is 1.79. The molecule has 0 saturated carbocycles. The van der Waals surface area contributed by atoms with Crippen LogP contribution in [0.4, 0.5) is 4.79 Å². The SMILES string of the molecule is COC(=O)NCC(c1ccc2ccccc2c1)c1ccc(OC)cc1C1OCCO1. The molecule has 3 aromatic carbocycles. The molecular weight excluding hydrogens is 382 g/mol. The van der Waals surface area contributed by atoms with Gasteiger partial charge in [0.1, 0.15) is 5.75 Å². The monoisotopic (exact) mass is 407 g/mol. The van der Waals surface area contributed by atoms with Crippen LogP contribution in [0, 0.1) is 0 Å². The van der Waals surface area contributed by atoms with E-state index in [1.165, 1.54) is 12.5 Å². The predicted octanol–water partition coefficient (Wildman–Crippen LogP) is 4.38. The maximum atomic E-state index is 11.8. The molecule has 1 aliphatic rings. The molecule has 6 heteroatoms. The third-order valence-corrected chi connectivity index (χ3v) is 5.36. The first-order chi connectivity index (χ1) is 14.7. The van der Waals surface area contributed by atoms with E-state index in [0.29, 0.717) is 19.8 Å². The first-order valence-corrected chi connectivity index (χ1v) is 9.91. The summed E-state index contributed by atoms with van der Waals surface area (Å²) in [4.78, 5) is 11.8.